The first-order valence-electron chi connectivity index (χ1n) is 4.24. The topological polar surface area (TPSA) is 9.23 Å². The highest BCUT2D eigenvalue weighted by atomic mass is 79.9. The van der Waals surface area contributed by atoms with Crippen LogP contribution in [-0.4, -0.2) is 6.10 Å². The first kappa shape index (κ1) is 12.2. The number of benzene rings is 1. The van der Waals surface area contributed by atoms with E-state index in [1.165, 1.54) is 0 Å². The zero-order valence-electron chi connectivity index (χ0n) is 7.93. The molecule has 0 fully saturated rings. The standard InChI is InChI=1S/C10H11BrCl2O/c1-7(2)14-9-6-4-3-5-8(9)10(11,12)13/h3-7H,1-2H3. The van der Waals surface area contributed by atoms with Crippen LogP contribution in [0.5, 0.6) is 5.75 Å². The van der Waals surface area contributed by atoms with Crippen LogP contribution >= 0.6 is 39.1 Å². The van der Waals surface area contributed by atoms with Gasteiger partial charge in [-0.3, -0.25) is 0 Å². The maximum atomic E-state index is 5.95. The van der Waals surface area contributed by atoms with E-state index in [1.807, 2.05) is 38.1 Å². The summed E-state index contributed by atoms with van der Waals surface area (Å²) in [5, 5.41) is 0. The SMILES string of the molecule is CC(C)Oc1ccccc1C(Cl)(Cl)Br. The monoisotopic (exact) mass is 296 g/mol. The average molecular weight is 298 g/mol. The third-order valence-corrected chi connectivity index (χ3v) is 2.39. The van der Waals surface area contributed by atoms with Gasteiger partial charge in [0.2, 0.25) is 3.24 Å². The van der Waals surface area contributed by atoms with Gasteiger partial charge in [0.15, 0.2) is 0 Å². The van der Waals surface area contributed by atoms with Gasteiger partial charge in [-0.1, -0.05) is 41.4 Å². The lowest BCUT2D eigenvalue weighted by atomic mass is 10.2. The third-order valence-electron chi connectivity index (χ3n) is 1.56. The van der Waals surface area contributed by atoms with E-state index in [1.54, 1.807) is 0 Å². The molecule has 14 heavy (non-hydrogen) atoms. The van der Waals surface area contributed by atoms with Crippen molar-refractivity contribution in [3.63, 3.8) is 0 Å². The zero-order chi connectivity index (χ0) is 10.8. The van der Waals surface area contributed by atoms with Crippen LogP contribution in [0.3, 0.4) is 0 Å². The Balaban J connectivity index is 3.04. The summed E-state index contributed by atoms with van der Waals surface area (Å²) >= 11 is 15.1. The normalized spacial score (nSPS) is 11.9. The van der Waals surface area contributed by atoms with Crippen LogP contribution in [0, 0.1) is 0 Å². The average Bonchev–Trinajstić information content (AvgIpc) is 2.01. The molecule has 0 bridgehead atoms. The molecule has 0 unspecified atom stereocenters. The van der Waals surface area contributed by atoms with Gasteiger partial charge in [-0.2, -0.15) is 0 Å². The van der Waals surface area contributed by atoms with Gasteiger partial charge in [-0.05, 0) is 35.8 Å². The number of para-hydroxylation sites is 1. The third kappa shape index (κ3) is 3.34. The quantitative estimate of drug-likeness (QED) is 0.749. The van der Waals surface area contributed by atoms with Crippen molar-refractivity contribution in [3.05, 3.63) is 29.8 Å². The van der Waals surface area contributed by atoms with E-state index >= 15 is 0 Å². The minimum Gasteiger partial charge on any atom is -0.491 e. The molecule has 0 N–H and O–H groups in total. The summed E-state index contributed by atoms with van der Waals surface area (Å²) < 4.78 is 4.47. The Morgan fingerprint density at radius 1 is 1.29 bits per heavy atom. The molecule has 0 radical (unpaired) electrons. The lowest BCUT2D eigenvalue weighted by Gasteiger charge is -2.18. The van der Waals surface area contributed by atoms with Crippen molar-refractivity contribution in [2.75, 3.05) is 0 Å². The molecule has 0 spiro atoms. The molecule has 78 valence electrons. The second kappa shape index (κ2) is 4.73. The lowest BCUT2D eigenvalue weighted by molar-refractivity contribution is 0.240. The maximum absolute atomic E-state index is 5.95. The van der Waals surface area contributed by atoms with Gasteiger partial charge in [0.05, 0.1) is 6.10 Å². The van der Waals surface area contributed by atoms with Gasteiger partial charge < -0.3 is 4.74 Å². The van der Waals surface area contributed by atoms with Crippen LogP contribution in [0.25, 0.3) is 0 Å². The molecule has 0 atom stereocenters. The summed E-state index contributed by atoms with van der Waals surface area (Å²) in [5.74, 6) is 0.698. The predicted molar refractivity (Wildman–Crippen MR) is 64.5 cm³/mol. The predicted octanol–water partition coefficient (Wildman–Crippen LogP) is 4.46. The van der Waals surface area contributed by atoms with Gasteiger partial charge in [0.25, 0.3) is 0 Å². The lowest BCUT2D eigenvalue weighted by Crippen LogP contribution is -2.10. The molecule has 0 aliphatic carbocycles. The van der Waals surface area contributed by atoms with E-state index in [2.05, 4.69) is 15.9 Å². The maximum Gasteiger partial charge on any atom is 0.200 e. The Labute approximate surface area is 102 Å². The Morgan fingerprint density at radius 2 is 1.86 bits per heavy atom. The fourth-order valence-corrected chi connectivity index (χ4v) is 1.70. The first-order chi connectivity index (χ1) is 6.41. The van der Waals surface area contributed by atoms with E-state index in [0.29, 0.717) is 5.75 Å². The number of halogens is 3. The Hall–Kier alpha value is 0.0800. The molecule has 1 rings (SSSR count). The van der Waals surface area contributed by atoms with Crippen molar-refractivity contribution in [2.45, 2.75) is 23.2 Å². The molecule has 4 heteroatoms. The molecule has 1 aromatic rings. The minimum absolute atomic E-state index is 0.0966. The second-order valence-corrected chi connectivity index (χ2v) is 6.59. The Morgan fingerprint density at radius 3 is 2.36 bits per heavy atom. The summed E-state index contributed by atoms with van der Waals surface area (Å²) in [6, 6.07) is 7.42. The summed E-state index contributed by atoms with van der Waals surface area (Å²) in [4.78, 5) is 0. The minimum atomic E-state index is -1.10. The van der Waals surface area contributed by atoms with Gasteiger partial charge in [0.1, 0.15) is 5.75 Å². The molecule has 0 saturated carbocycles. The van der Waals surface area contributed by atoms with Crippen molar-refractivity contribution < 1.29 is 4.74 Å². The highest BCUT2D eigenvalue weighted by Crippen LogP contribution is 2.44. The molecule has 0 amide bonds. The second-order valence-electron chi connectivity index (χ2n) is 3.16. The molecule has 0 aliphatic rings. The van der Waals surface area contributed by atoms with Crippen LogP contribution in [0.1, 0.15) is 19.4 Å². The fourth-order valence-electron chi connectivity index (χ4n) is 1.06. The van der Waals surface area contributed by atoms with Crippen LogP contribution in [0.2, 0.25) is 0 Å². The van der Waals surface area contributed by atoms with Gasteiger partial charge in [-0.25, -0.2) is 0 Å². The van der Waals surface area contributed by atoms with Crippen LogP contribution < -0.4 is 4.74 Å². The Kier molecular flexibility index (Phi) is 4.11. The molecule has 0 saturated heterocycles. The van der Waals surface area contributed by atoms with Crippen molar-refractivity contribution in [2.24, 2.45) is 0 Å². The van der Waals surface area contributed by atoms with Crippen molar-refractivity contribution in [3.8, 4) is 5.75 Å². The van der Waals surface area contributed by atoms with Gasteiger partial charge in [0, 0.05) is 5.56 Å². The molecular formula is C10H11BrCl2O. The zero-order valence-corrected chi connectivity index (χ0v) is 11.0. The van der Waals surface area contributed by atoms with E-state index in [-0.39, 0.29) is 6.10 Å². The number of alkyl halides is 3. The van der Waals surface area contributed by atoms with Crippen molar-refractivity contribution >= 4 is 39.1 Å². The van der Waals surface area contributed by atoms with Crippen LogP contribution in [0.15, 0.2) is 24.3 Å². The van der Waals surface area contributed by atoms with Crippen molar-refractivity contribution in [1.29, 1.82) is 0 Å². The van der Waals surface area contributed by atoms with E-state index in [4.69, 9.17) is 27.9 Å². The van der Waals surface area contributed by atoms with Crippen LogP contribution in [-0.2, 0) is 3.24 Å². The molecular weight excluding hydrogens is 287 g/mol. The number of hydrogen-bond acceptors (Lipinski definition) is 1. The van der Waals surface area contributed by atoms with Crippen LogP contribution in [0.4, 0.5) is 0 Å². The smallest absolute Gasteiger partial charge is 0.200 e. The van der Waals surface area contributed by atoms with E-state index < -0.39 is 3.24 Å². The molecule has 0 aliphatic heterocycles. The number of hydrogen-bond donors (Lipinski definition) is 0. The number of rotatable bonds is 3. The van der Waals surface area contributed by atoms with E-state index in [9.17, 15) is 0 Å². The van der Waals surface area contributed by atoms with Gasteiger partial charge >= 0.3 is 0 Å². The highest BCUT2D eigenvalue weighted by molar-refractivity contribution is 9.10. The summed E-state index contributed by atoms with van der Waals surface area (Å²) in [6.45, 7) is 3.91. The summed E-state index contributed by atoms with van der Waals surface area (Å²) in [7, 11) is 0. The molecule has 1 aromatic carbocycles. The number of ether oxygens (including phenoxy) is 1. The molecule has 0 heterocycles. The van der Waals surface area contributed by atoms with Crippen molar-refractivity contribution in [1.82, 2.24) is 0 Å². The first-order valence-corrected chi connectivity index (χ1v) is 5.79. The highest BCUT2D eigenvalue weighted by Gasteiger charge is 2.26. The molecule has 0 aromatic heterocycles. The largest absolute Gasteiger partial charge is 0.491 e. The summed E-state index contributed by atoms with van der Waals surface area (Å²) in [6.07, 6.45) is 0.0966. The van der Waals surface area contributed by atoms with E-state index in [0.717, 1.165) is 5.56 Å². The fraction of sp³-hybridized carbons (Fsp3) is 0.400. The summed E-state index contributed by atoms with van der Waals surface area (Å²) in [5.41, 5.74) is 0.719. The Bertz CT molecular complexity index is 307. The van der Waals surface area contributed by atoms with Gasteiger partial charge in [-0.15, -0.1) is 0 Å². The molecule has 1 nitrogen and oxygen atoms in total.